The number of amides is 3. The zero-order chi connectivity index (χ0) is 89.8. The van der Waals surface area contributed by atoms with Gasteiger partial charge >= 0.3 is 18.0 Å². The lowest BCUT2D eigenvalue weighted by Gasteiger charge is -2.38. The summed E-state index contributed by atoms with van der Waals surface area (Å²) < 4.78 is 102. The van der Waals surface area contributed by atoms with Crippen LogP contribution in [0.2, 0.25) is 0 Å². The van der Waals surface area contributed by atoms with E-state index < -0.39 is 47.1 Å². The Kier molecular flexibility index (Phi) is 34.0. The summed E-state index contributed by atoms with van der Waals surface area (Å²) >= 11 is 0. The van der Waals surface area contributed by atoms with Crippen molar-refractivity contribution in [3.05, 3.63) is 141 Å². The molecule has 3 amide bonds. The number of anilines is 6. The van der Waals surface area contributed by atoms with Crippen LogP contribution < -0.4 is 43.6 Å². The number of halogens is 6. The van der Waals surface area contributed by atoms with E-state index in [2.05, 4.69) is 133 Å². The van der Waals surface area contributed by atoms with Gasteiger partial charge in [-0.2, -0.15) is 85.7 Å². The van der Waals surface area contributed by atoms with Crippen LogP contribution >= 0.6 is 40.5 Å². The van der Waals surface area contributed by atoms with E-state index in [1.165, 1.54) is 55.3 Å². The molecule has 0 bridgehead atoms. The molecule has 30 nitrogen and oxygen atoms in total. The lowest BCUT2D eigenvalue weighted by molar-refractivity contribution is -0.129. The van der Waals surface area contributed by atoms with Gasteiger partial charge in [0.15, 0.2) is 11.7 Å². The molecule has 39 heteroatoms. The SMILES string of the molecule is C.C.C.C=C(F)C(=O)N1CCN(c2nc(OC[C@@H]3CC(C)(F)CN3C)nc3c2CCN(c2c(C)c(C)cc4[nH]ncc24)C3)CC1.C=C(F)C(=O)N1CCN(c2nc(OC[C@@H]3CC(C)(F)CN3C)nc3c2CCN(c2c(C)c(C)cc4[nH]ncc24)C3)CC1.Cc1cc2[nH]ncc2c(N2CCc3c(nc(OC[C@@H]4CC(C)(F)CN4C)nc3N3CCN(C(=O)/C=C/CF)CC3)C2)c1C.S.S.S. The Morgan fingerprint density at radius 1 is 0.436 bits per heavy atom. The molecule has 0 spiro atoms. The number of piperazine rings is 3. The van der Waals surface area contributed by atoms with Gasteiger partial charge in [-0.15, -0.1) is 0 Å². The molecular formula is C94H134F6N24O6S3. The molecule has 9 aromatic rings. The second-order valence-corrected chi connectivity index (χ2v) is 36.5. The maximum atomic E-state index is 14.7. The van der Waals surface area contributed by atoms with E-state index in [1.54, 1.807) is 25.7 Å². The highest BCUT2D eigenvalue weighted by molar-refractivity contribution is 7.59. The van der Waals surface area contributed by atoms with E-state index in [-0.39, 0.29) is 118 Å². The van der Waals surface area contributed by atoms with Crippen molar-refractivity contribution in [3.63, 3.8) is 0 Å². The van der Waals surface area contributed by atoms with Crippen molar-refractivity contribution < 1.29 is 54.9 Å². The van der Waals surface area contributed by atoms with Gasteiger partial charge in [0.1, 0.15) is 61.0 Å². The highest BCUT2D eigenvalue weighted by atomic mass is 32.1. The zero-order valence-electron chi connectivity index (χ0n) is 76.3. The third-order valence-corrected chi connectivity index (χ3v) is 27.0. The summed E-state index contributed by atoms with van der Waals surface area (Å²) in [4.78, 5) is 90.2. The molecule has 6 atom stereocenters. The summed E-state index contributed by atoms with van der Waals surface area (Å²) in [6.07, 6.45) is 11.5. The normalized spacial score (nSPS) is 22.0. The first kappa shape index (κ1) is 105. The summed E-state index contributed by atoms with van der Waals surface area (Å²) in [5.41, 5.74) is 15.7. The van der Waals surface area contributed by atoms with Crippen molar-refractivity contribution in [3.8, 4) is 18.0 Å². The molecule has 6 fully saturated rings. The minimum Gasteiger partial charge on any atom is -0.462 e. The number of likely N-dealkylation sites (tertiary alicyclic amines) is 3. The number of benzene rings is 3. The number of nitrogens with one attached hydrogen (secondary N) is 3. The van der Waals surface area contributed by atoms with Crippen LogP contribution in [0.25, 0.3) is 32.7 Å². The molecule has 18 rings (SSSR count). The summed E-state index contributed by atoms with van der Waals surface area (Å²) in [5.74, 6) is -1.01. The number of hydrogen-bond donors (Lipinski definition) is 3. The Morgan fingerprint density at radius 3 is 0.970 bits per heavy atom. The second kappa shape index (κ2) is 43.1. The molecule has 0 aliphatic carbocycles. The molecule has 133 heavy (non-hydrogen) atoms. The van der Waals surface area contributed by atoms with E-state index in [9.17, 15) is 40.7 Å². The number of ether oxygens (including phenoxy) is 3. The summed E-state index contributed by atoms with van der Waals surface area (Å²) in [7, 11) is 5.73. The Bertz CT molecular complexity index is 5470. The number of hydrogen-bond acceptors (Lipinski definition) is 24. The first-order valence-electron chi connectivity index (χ1n) is 44.0. The molecular weight excluding hydrogens is 1770 g/mol. The monoisotopic (exact) mass is 1900 g/mol. The van der Waals surface area contributed by atoms with Gasteiger partial charge in [0, 0.05) is 194 Å². The number of rotatable bonds is 19. The maximum absolute atomic E-state index is 14.7. The molecule has 6 aromatic heterocycles. The average molecular weight is 1910 g/mol. The molecule has 0 saturated carbocycles. The Hall–Kier alpha value is -10.4. The molecule has 3 aromatic carbocycles. The van der Waals surface area contributed by atoms with E-state index in [4.69, 9.17) is 44.1 Å². The van der Waals surface area contributed by atoms with Crippen LogP contribution in [0, 0.1) is 41.5 Å². The van der Waals surface area contributed by atoms with Gasteiger partial charge in [0.2, 0.25) is 5.91 Å². The largest absolute Gasteiger partial charge is 0.462 e. The number of H-pyrrole nitrogens is 3. The van der Waals surface area contributed by atoms with Crippen molar-refractivity contribution >= 4 is 125 Å². The molecule has 726 valence electrons. The van der Waals surface area contributed by atoms with E-state index in [0.717, 1.165) is 140 Å². The number of likely N-dealkylation sites (N-methyl/N-ethyl adjacent to an activating group) is 3. The average Bonchev–Trinajstić information content (AvgIpc) is 1.58. The molecule has 9 aliphatic heterocycles. The molecule has 3 N–H and O–H groups in total. The van der Waals surface area contributed by atoms with Gasteiger partial charge in [-0.05, 0) is 160 Å². The van der Waals surface area contributed by atoms with Gasteiger partial charge in [-0.3, -0.25) is 44.4 Å². The fraction of sp³-hybridized carbons (Fsp3) is 0.553. The van der Waals surface area contributed by atoms with Crippen molar-refractivity contribution in [1.29, 1.82) is 0 Å². The zero-order valence-corrected chi connectivity index (χ0v) is 79.3. The predicted octanol–water partition coefficient (Wildman–Crippen LogP) is 12.7. The quantitative estimate of drug-likeness (QED) is 0.0501. The van der Waals surface area contributed by atoms with Gasteiger partial charge in [-0.1, -0.05) is 35.4 Å². The highest BCUT2D eigenvalue weighted by Gasteiger charge is 2.44. The topological polar surface area (TPSA) is 281 Å². The van der Waals surface area contributed by atoms with Crippen molar-refractivity contribution in [2.24, 2.45) is 0 Å². The van der Waals surface area contributed by atoms with Crippen LogP contribution in [0.15, 0.2) is 73.8 Å². The molecule has 9 aliphatic rings. The Labute approximate surface area is 797 Å². The molecule has 0 radical (unpaired) electrons. The standard InChI is InChI=1S/C31H40F2N8O2.2C30H38F2N8O2.3CH4.3H2S/c1-20-14-25-24(16-34-37-25)28(21(20)2)41-9-7-23-26(17-41)35-30(43-18-22-15-31(3,33)19-38(22)4)36-29(23)40-12-10-39(11-13-40)27(42)6-5-8-32;2*1-18-12-24-23(14-33-36-24)26(19(18)2)40-7-6-22-25(15-40)34-29(42-16-21-13-30(4,32)17-37(21)5)35-27(22)38-8-10-39(11-9-38)28(41)20(3)31;;;;;;/h5-6,14,16,22H,7-13,15,17-19H2,1-4H3,(H,34,37);2*12,14,21H,3,6-11,13,15-17H2,1-2,4-5H3,(H,33,36);3*1H4;3*1H2/b6-5+;;;;;;;;/t22-,31?;2*21-,30?;;;;;;/m000....../s1. The van der Waals surface area contributed by atoms with Crippen LogP contribution in [-0.2, 0) is 53.3 Å². The number of aromatic nitrogens is 12. The van der Waals surface area contributed by atoms with Crippen LogP contribution in [-0.4, -0.2) is 308 Å². The van der Waals surface area contributed by atoms with Gasteiger partial charge in [-0.25, -0.2) is 26.3 Å². The number of aryl methyl sites for hydroxylation is 3. The molecule has 15 heterocycles. The summed E-state index contributed by atoms with van der Waals surface area (Å²) in [6.45, 7) is 35.0. The number of carbonyl (C=O) groups excluding carboxylic acids is 3. The molecule has 3 unspecified atom stereocenters. The minimum absolute atomic E-state index is 0. The lowest BCUT2D eigenvalue weighted by Crippen LogP contribution is -2.49. The van der Waals surface area contributed by atoms with Crippen LogP contribution in [0.4, 0.5) is 60.9 Å². The summed E-state index contributed by atoms with van der Waals surface area (Å²) in [6, 6.07) is 6.96. The Morgan fingerprint density at radius 2 is 0.714 bits per heavy atom. The van der Waals surface area contributed by atoms with E-state index in [1.807, 2.05) is 54.4 Å². The van der Waals surface area contributed by atoms with Crippen molar-refractivity contribution in [2.45, 2.75) is 178 Å². The van der Waals surface area contributed by atoms with Gasteiger partial charge in [0.25, 0.3) is 11.8 Å². The fourth-order valence-corrected chi connectivity index (χ4v) is 20.0. The minimum atomic E-state index is -1.25. The van der Waals surface area contributed by atoms with Gasteiger partial charge < -0.3 is 58.3 Å². The number of aromatic amines is 3. The van der Waals surface area contributed by atoms with Crippen LogP contribution in [0.1, 0.15) is 129 Å². The van der Waals surface area contributed by atoms with Gasteiger partial charge in [0.05, 0.1) is 88.9 Å². The third kappa shape index (κ3) is 22.6. The smallest absolute Gasteiger partial charge is 0.318 e. The lowest BCUT2D eigenvalue weighted by atomic mass is 9.99. The first-order chi connectivity index (χ1) is 60.6. The number of allylic oxidation sites excluding steroid dienone is 1. The maximum Gasteiger partial charge on any atom is 0.318 e. The predicted molar refractivity (Wildman–Crippen MR) is 529 cm³/mol. The van der Waals surface area contributed by atoms with Crippen molar-refractivity contribution in [2.75, 3.05) is 195 Å². The number of nitrogens with zero attached hydrogens (tertiary/aromatic N) is 21. The van der Waals surface area contributed by atoms with Crippen LogP contribution in [0.3, 0.4) is 0 Å². The second-order valence-electron chi connectivity index (χ2n) is 36.5. The van der Waals surface area contributed by atoms with Crippen molar-refractivity contribution in [1.82, 2.24) is 89.9 Å². The van der Waals surface area contributed by atoms with Crippen LogP contribution in [0.5, 0.6) is 18.0 Å². The number of alkyl halides is 4. The highest BCUT2D eigenvalue weighted by Crippen LogP contribution is 2.43. The number of carbonyl (C=O) groups is 3. The number of fused-ring (bicyclic) bond motifs is 6. The first-order valence-corrected chi connectivity index (χ1v) is 44.0. The fourth-order valence-electron chi connectivity index (χ4n) is 20.0. The molecule has 6 saturated heterocycles. The van der Waals surface area contributed by atoms with E-state index in [0.29, 0.717) is 144 Å². The third-order valence-electron chi connectivity index (χ3n) is 27.0. The summed E-state index contributed by atoms with van der Waals surface area (Å²) in [5, 5.41) is 25.4. The Balaban J connectivity index is 0.000000202. The van der Waals surface area contributed by atoms with E-state index >= 15 is 0 Å².